The van der Waals surface area contributed by atoms with Crippen LogP contribution in [0, 0.1) is 0 Å². The molecule has 62 heavy (non-hydrogen) atoms. The highest BCUT2D eigenvalue weighted by Gasteiger charge is 2.35. The van der Waals surface area contributed by atoms with Gasteiger partial charge in [0.2, 0.25) is 5.95 Å². The van der Waals surface area contributed by atoms with Crippen LogP contribution in [0.1, 0.15) is 25.0 Å². The minimum Gasteiger partial charge on any atom is -0.277 e. The van der Waals surface area contributed by atoms with E-state index in [1.807, 2.05) is 0 Å². The summed E-state index contributed by atoms with van der Waals surface area (Å²) in [5.74, 6) is 0.651. The van der Waals surface area contributed by atoms with E-state index in [-0.39, 0.29) is 5.41 Å². The first-order chi connectivity index (χ1) is 30.5. The van der Waals surface area contributed by atoms with Gasteiger partial charge in [-0.25, -0.2) is 9.97 Å². The molecule has 1 aliphatic rings. The Labute approximate surface area is 359 Å². The van der Waals surface area contributed by atoms with Crippen molar-refractivity contribution in [2.24, 2.45) is 0 Å². The number of nitrogens with zero attached hydrogens (tertiary/aromatic N) is 3. The van der Waals surface area contributed by atoms with Gasteiger partial charge in [-0.05, 0) is 78.0 Å². The fourth-order valence-corrected chi connectivity index (χ4v) is 10.7. The van der Waals surface area contributed by atoms with Crippen LogP contribution in [0.25, 0.3) is 116 Å². The highest BCUT2D eigenvalue weighted by atomic mass is 15.2. The van der Waals surface area contributed by atoms with Crippen LogP contribution in [0.4, 0.5) is 0 Å². The zero-order valence-corrected chi connectivity index (χ0v) is 34.4. The molecule has 12 aromatic rings. The Bertz CT molecular complexity index is 3830. The number of aromatic nitrogens is 3. The highest BCUT2D eigenvalue weighted by Crippen LogP contribution is 2.51. The van der Waals surface area contributed by atoms with E-state index in [1.54, 1.807) is 0 Å². The average molecular weight is 790 g/mol. The number of rotatable bonds is 4. The van der Waals surface area contributed by atoms with Crippen LogP contribution in [0.2, 0.25) is 0 Å². The minimum atomic E-state index is -0.130. The van der Waals surface area contributed by atoms with Crippen molar-refractivity contribution >= 4 is 65.0 Å². The van der Waals surface area contributed by atoms with E-state index >= 15 is 0 Å². The van der Waals surface area contributed by atoms with Crippen LogP contribution in [0.3, 0.4) is 0 Å². The molecule has 290 valence electrons. The zero-order valence-electron chi connectivity index (χ0n) is 34.4. The maximum absolute atomic E-state index is 5.65. The molecule has 2 heterocycles. The molecule has 1 aliphatic carbocycles. The molecule has 0 atom stereocenters. The van der Waals surface area contributed by atoms with Gasteiger partial charge < -0.3 is 0 Å². The number of benzene rings is 10. The average Bonchev–Trinajstić information content (AvgIpc) is 3.80. The van der Waals surface area contributed by atoms with Crippen LogP contribution in [-0.4, -0.2) is 14.5 Å². The largest absolute Gasteiger partial charge is 0.277 e. The Morgan fingerprint density at radius 3 is 1.77 bits per heavy atom. The lowest BCUT2D eigenvalue weighted by Gasteiger charge is -2.22. The first-order valence-electron chi connectivity index (χ1n) is 21.5. The monoisotopic (exact) mass is 789 g/mol. The van der Waals surface area contributed by atoms with Crippen molar-refractivity contribution in [2.45, 2.75) is 19.3 Å². The quantitative estimate of drug-likeness (QED) is 0.166. The Balaban J connectivity index is 1.11. The second kappa shape index (κ2) is 13.1. The van der Waals surface area contributed by atoms with Crippen LogP contribution >= 0.6 is 0 Å². The highest BCUT2D eigenvalue weighted by molar-refractivity contribution is 6.33. The Morgan fingerprint density at radius 1 is 0.371 bits per heavy atom. The van der Waals surface area contributed by atoms with E-state index in [4.69, 9.17) is 9.97 Å². The SMILES string of the molecule is CC1(C)c2ccccc2-c2ccc(-c3cccc4c5c6ccccc6c6ccccc6c5n(-c5nc(-c6ccc(-c7cccc8ccccc78)cc6)c6ccccc6n5)c34)cc21. The summed E-state index contributed by atoms with van der Waals surface area (Å²) in [4.78, 5) is 11.1. The molecular weight excluding hydrogens is 751 g/mol. The van der Waals surface area contributed by atoms with Crippen LogP contribution in [-0.2, 0) is 5.41 Å². The number of hydrogen-bond donors (Lipinski definition) is 0. The van der Waals surface area contributed by atoms with Crippen molar-refractivity contribution in [1.82, 2.24) is 14.5 Å². The normalized spacial score (nSPS) is 13.1. The van der Waals surface area contributed by atoms with Crippen molar-refractivity contribution in [2.75, 3.05) is 0 Å². The number of para-hydroxylation sites is 2. The van der Waals surface area contributed by atoms with Crippen LogP contribution < -0.4 is 0 Å². The lowest BCUT2D eigenvalue weighted by Crippen LogP contribution is -2.14. The van der Waals surface area contributed by atoms with Gasteiger partial charge in [0.15, 0.2) is 0 Å². The summed E-state index contributed by atoms with van der Waals surface area (Å²) in [6.45, 7) is 4.71. The Morgan fingerprint density at radius 2 is 0.935 bits per heavy atom. The van der Waals surface area contributed by atoms with Crippen LogP contribution in [0.15, 0.2) is 200 Å². The Hall–Kier alpha value is -7.88. The summed E-state index contributed by atoms with van der Waals surface area (Å²) in [5.41, 5.74) is 15.0. The van der Waals surface area contributed by atoms with Gasteiger partial charge in [0, 0.05) is 38.1 Å². The predicted molar refractivity (Wildman–Crippen MR) is 260 cm³/mol. The summed E-state index contributed by atoms with van der Waals surface area (Å²) in [7, 11) is 0. The fourth-order valence-electron chi connectivity index (χ4n) is 10.7. The summed E-state index contributed by atoms with van der Waals surface area (Å²) >= 11 is 0. The molecule has 13 rings (SSSR count). The second-order valence-corrected chi connectivity index (χ2v) is 17.3. The molecular formula is C59H39N3. The zero-order chi connectivity index (χ0) is 41.1. The summed E-state index contributed by atoms with van der Waals surface area (Å²) in [6.07, 6.45) is 0. The van der Waals surface area contributed by atoms with Crippen molar-refractivity contribution in [3.05, 3.63) is 211 Å². The maximum Gasteiger partial charge on any atom is 0.235 e. The molecule has 0 aliphatic heterocycles. The van der Waals surface area contributed by atoms with E-state index in [9.17, 15) is 0 Å². The predicted octanol–water partition coefficient (Wildman–Crippen LogP) is 15.5. The third kappa shape index (κ3) is 4.94. The lowest BCUT2D eigenvalue weighted by atomic mass is 9.81. The van der Waals surface area contributed by atoms with Gasteiger partial charge in [-0.15, -0.1) is 0 Å². The summed E-state index contributed by atoms with van der Waals surface area (Å²) < 4.78 is 2.38. The van der Waals surface area contributed by atoms with E-state index in [0.29, 0.717) is 5.95 Å². The van der Waals surface area contributed by atoms with Gasteiger partial charge in [-0.2, -0.15) is 0 Å². The summed E-state index contributed by atoms with van der Waals surface area (Å²) in [5, 5.41) is 10.7. The van der Waals surface area contributed by atoms with E-state index in [2.05, 4.69) is 219 Å². The fraction of sp³-hybridized carbons (Fsp3) is 0.0508. The van der Waals surface area contributed by atoms with Crippen molar-refractivity contribution in [3.8, 4) is 50.6 Å². The molecule has 0 fully saturated rings. The maximum atomic E-state index is 5.65. The minimum absolute atomic E-state index is 0.130. The smallest absolute Gasteiger partial charge is 0.235 e. The molecule has 0 bridgehead atoms. The first kappa shape index (κ1) is 34.9. The van der Waals surface area contributed by atoms with E-state index < -0.39 is 0 Å². The molecule has 3 heteroatoms. The van der Waals surface area contributed by atoms with Gasteiger partial charge in [-0.3, -0.25) is 4.57 Å². The molecule has 10 aromatic carbocycles. The van der Waals surface area contributed by atoms with Crippen LogP contribution in [0.5, 0.6) is 0 Å². The third-order valence-corrected chi connectivity index (χ3v) is 13.6. The standard InChI is InChI=1S/C59H39N3/c1-59(2)51-27-11-9-20-45(51)46-34-33-39(35-52(46)59)42-25-14-26-50-54-47-21-7-5-18-43(47)44-19-6-8-22-48(44)57(54)62(56(42)50)58-60-53-28-12-10-23-49(53)55(61-58)38-31-29-37(30-32-38)41-24-13-16-36-15-3-4-17-40(36)41/h3-35H,1-2H3. The van der Waals surface area contributed by atoms with Crippen molar-refractivity contribution in [3.63, 3.8) is 0 Å². The second-order valence-electron chi connectivity index (χ2n) is 17.3. The molecule has 0 unspecified atom stereocenters. The van der Waals surface area contributed by atoms with E-state index in [0.717, 1.165) is 38.8 Å². The molecule has 0 saturated heterocycles. The van der Waals surface area contributed by atoms with Gasteiger partial charge >= 0.3 is 0 Å². The summed E-state index contributed by atoms with van der Waals surface area (Å²) in [6, 6.07) is 72.9. The van der Waals surface area contributed by atoms with Gasteiger partial charge in [0.1, 0.15) is 0 Å². The number of hydrogen-bond acceptors (Lipinski definition) is 2. The van der Waals surface area contributed by atoms with Gasteiger partial charge in [0.05, 0.1) is 22.2 Å². The lowest BCUT2D eigenvalue weighted by molar-refractivity contribution is 0.660. The molecule has 0 saturated carbocycles. The topological polar surface area (TPSA) is 30.7 Å². The molecule has 2 aromatic heterocycles. The van der Waals surface area contributed by atoms with Crippen molar-refractivity contribution < 1.29 is 0 Å². The van der Waals surface area contributed by atoms with E-state index in [1.165, 1.54) is 82.0 Å². The first-order valence-corrected chi connectivity index (χ1v) is 21.5. The van der Waals surface area contributed by atoms with Crippen molar-refractivity contribution in [1.29, 1.82) is 0 Å². The molecule has 3 nitrogen and oxygen atoms in total. The van der Waals surface area contributed by atoms with Gasteiger partial charge in [-0.1, -0.05) is 202 Å². The molecule has 0 N–H and O–H groups in total. The number of fused-ring (bicyclic) bond motifs is 13. The molecule has 0 amide bonds. The molecule has 0 spiro atoms. The Kier molecular flexibility index (Phi) is 7.36. The molecule has 0 radical (unpaired) electrons. The van der Waals surface area contributed by atoms with Gasteiger partial charge in [0.25, 0.3) is 0 Å². The third-order valence-electron chi connectivity index (χ3n) is 13.6.